The predicted molar refractivity (Wildman–Crippen MR) is 90.5 cm³/mol. The maximum Gasteiger partial charge on any atom is 0.246 e. The summed E-state index contributed by atoms with van der Waals surface area (Å²) in [6.07, 6.45) is 0. The highest BCUT2D eigenvalue weighted by molar-refractivity contribution is 5.96. The van der Waals surface area contributed by atoms with Crippen LogP contribution in [0, 0.1) is 6.92 Å². The molecule has 0 saturated carbocycles. The molecule has 0 saturated heterocycles. The van der Waals surface area contributed by atoms with Crippen molar-refractivity contribution in [1.82, 2.24) is 0 Å². The van der Waals surface area contributed by atoms with Crippen LogP contribution < -0.4 is 15.4 Å². The first-order chi connectivity index (χ1) is 10.6. The Morgan fingerprint density at radius 3 is 2.68 bits per heavy atom. The van der Waals surface area contributed by atoms with E-state index in [2.05, 4.69) is 10.6 Å². The summed E-state index contributed by atoms with van der Waals surface area (Å²) in [5, 5.41) is 6.10. The van der Waals surface area contributed by atoms with Crippen molar-refractivity contribution in [3.8, 4) is 5.75 Å². The van der Waals surface area contributed by atoms with E-state index in [0.717, 1.165) is 22.7 Å². The monoisotopic (exact) mass is 298 g/mol. The number of hydrogen-bond donors (Lipinski definition) is 2. The highest BCUT2D eigenvalue weighted by Gasteiger charge is 2.14. The third-order valence-corrected chi connectivity index (χ3v) is 3.24. The Bertz CT molecular complexity index is 640. The molecule has 22 heavy (non-hydrogen) atoms. The lowest BCUT2D eigenvalue weighted by molar-refractivity contribution is -0.116. The number of benzene rings is 2. The van der Waals surface area contributed by atoms with Crippen LogP contribution in [0.5, 0.6) is 5.75 Å². The van der Waals surface area contributed by atoms with Gasteiger partial charge < -0.3 is 15.4 Å². The Balaban J connectivity index is 2.02. The quantitative estimate of drug-likeness (QED) is 0.852. The fourth-order valence-electron chi connectivity index (χ4n) is 2.14. The van der Waals surface area contributed by atoms with Gasteiger partial charge in [0.25, 0.3) is 0 Å². The van der Waals surface area contributed by atoms with E-state index in [1.54, 1.807) is 0 Å². The molecule has 0 aliphatic rings. The minimum Gasteiger partial charge on any atom is -0.492 e. The maximum atomic E-state index is 12.3. The zero-order valence-corrected chi connectivity index (χ0v) is 13.2. The summed E-state index contributed by atoms with van der Waals surface area (Å²) in [5.74, 6) is 0.664. The first-order valence-corrected chi connectivity index (χ1v) is 7.46. The van der Waals surface area contributed by atoms with Crippen LogP contribution in [0.25, 0.3) is 0 Å². The van der Waals surface area contributed by atoms with Gasteiger partial charge >= 0.3 is 0 Å². The van der Waals surface area contributed by atoms with Gasteiger partial charge in [0.1, 0.15) is 11.8 Å². The van der Waals surface area contributed by atoms with Gasteiger partial charge in [0.15, 0.2) is 0 Å². The number of carbonyl (C=O) groups excluding carboxylic acids is 1. The normalized spacial score (nSPS) is 11.6. The molecule has 0 aliphatic carbocycles. The van der Waals surface area contributed by atoms with Crippen molar-refractivity contribution in [3.63, 3.8) is 0 Å². The second kappa shape index (κ2) is 7.50. The minimum absolute atomic E-state index is 0.0862. The highest BCUT2D eigenvalue weighted by atomic mass is 16.5. The van der Waals surface area contributed by atoms with Gasteiger partial charge in [0, 0.05) is 5.69 Å². The smallest absolute Gasteiger partial charge is 0.246 e. The number of anilines is 2. The van der Waals surface area contributed by atoms with E-state index in [-0.39, 0.29) is 11.9 Å². The van der Waals surface area contributed by atoms with Crippen molar-refractivity contribution >= 4 is 17.3 Å². The molecule has 0 heterocycles. The van der Waals surface area contributed by atoms with Crippen molar-refractivity contribution in [2.75, 3.05) is 17.2 Å². The van der Waals surface area contributed by atoms with Crippen LogP contribution in [-0.4, -0.2) is 18.6 Å². The molecule has 116 valence electrons. The molecule has 0 aliphatic heterocycles. The number of hydrogen-bond acceptors (Lipinski definition) is 3. The highest BCUT2D eigenvalue weighted by Crippen LogP contribution is 2.24. The summed E-state index contributed by atoms with van der Waals surface area (Å²) < 4.78 is 5.56. The lowest BCUT2D eigenvalue weighted by Gasteiger charge is -2.18. The van der Waals surface area contributed by atoms with Crippen LogP contribution in [0.1, 0.15) is 19.4 Å². The van der Waals surface area contributed by atoms with Crippen LogP contribution in [0.15, 0.2) is 48.5 Å². The molecule has 0 bridgehead atoms. The number of nitrogens with one attached hydrogen (secondary N) is 2. The molecule has 0 fully saturated rings. The van der Waals surface area contributed by atoms with E-state index in [9.17, 15) is 4.79 Å². The van der Waals surface area contributed by atoms with E-state index in [1.807, 2.05) is 69.3 Å². The van der Waals surface area contributed by atoms with Crippen LogP contribution in [-0.2, 0) is 4.79 Å². The second-order valence-corrected chi connectivity index (χ2v) is 5.15. The largest absolute Gasteiger partial charge is 0.492 e. The van der Waals surface area contributed by atoms with Gasteiger partial charge in [-0.15, -0.1) is 0 Å². The molecule has 1 atom stereocenters. The molecule has 4 heteroatoms. The molecule has 4 nitrogen and oxygen atoms in total. The third-order valence-electron chi connectivity index (χ3n) is 3.24. The molecule has 0 radical (unpaired) electrons. The number of ether oxygens (including phenoxy) is 1. The zero-order valence-electron chi connectivity index (χ0n) is 13.2. The van der Waals surface area contributed by atoms with Gasteiger partial charge in [0.2, 0.25) is 5.91 Å². The van der Waals surface area contributed by atoms with Crippen LogP contribution in [0.3, 0.4) is 0 Å². The summed E-state index contributed by atoms with van der Waals surface area (Å²) in [5.41, 5.74) is 2.73. The SMILES string of the molecule is CCOc1ccccc1NC(C)C(=O)Nc1cccc(C)c1. The number of amides is 1. The van der Waals surface area contributed by atoms with Crippen molar-refractivity contribution in [2.45, 2.75) is 26.8 Å². The van der Waals surface area contributed by atoms with Gasteiger partial charge in [0.05, 0.1) is 12.3 Å². The molecule has 1 unspecified atom stereocenters. The number of rotatable bonds is 6. The number of para-hydroxylation sites is 2. The summed E-state index contributed by atoms with van der Waals surface area (Å²) in [7, 11) is 0. The van der Waals surface area contributed by atoms with Crippen LogP contribution in [0.2, 0.25) is 0 Å². The Labute approximate surface area is 131 Å². The second-order valence-electron chi connectivity index (χ2n) is 5.15. The maximum absolute atomic E-state index is 12.3. The molecule has 2 aromatic carbocycles. The van der Waals surface area contributed by atoms with Crippen LogP contribution >= 0.6 is 0 Å². The average molecular weight is 298 g/mol. The van der Waals surface area contributed by atoms with Crippen molar-refractivity contribution < 1.29 is 9.53 Å². The molecule has 2 aromatic rings. The van der Waals surface area contributed by atoms with E-state index < -0.39 is 0 Å². The van der Waals surface area contributed by atoms with Gasteiger partial charge in [-0.1, -0.05) is 24.3 Å². The Morgan fingerprint density at radius 1 is 1.18 bits per heavy atom. The minimum atomic E-state index is -0.373. The Kier molecular flexibility index (Phi) is 5.42. The number of carbonyl (C=O) groups is 1. The van der Waals surface area contributed by atoms with Crippen molar-refractivity contribution in [1.29, 1.82) is 0 Å². The molecule has 1 amide bonds. The van der Waals surface area contributed by atoms with Gasteiger partial charge in [-0.2, -0.15) is 0 Å². The predicted octanol–water partition coefficient (Wildman–Crippen LogP) is 3.83. The standard InChI is InChI=1S/C18H22N2O2/c1-4-22-17-11-6-5-10-16(17)19-14(3)18(21)20-15-9-7-8-13(2)12-15/h5-12,14,19H,4H2,1-3H3,(H,20,21). The lowest BCUT2D eigenvalue weighted by Crippen LogP contribution is -2.32. The topological polar surface area (TPSA) is 50.4 Å². The van der Waals surface area contributed by atoms with E-state index in [1.165, 1.54) is 0 Å². The summed E-state index contributed by atoms with van der Waals surface area (Å²) in [6, 6.07) is 15.0. The third kappa shape index (κ3) is 4.25. The van der Waals surface area contributed by atoms with Crippen molar-refractivity contribution in [3.05, 3.63) is 54.1 Å². The fourth-order valence-corrected chi connectivity index (χ4v) is 2.14. The first kappa shape index (κ1) is 15.9. The first-order valence-electron chi connectivity index (χ1n) is 7.46. The summed E-state index contributed by atoms with van der Waals surface area (Å²) >= 11 is 0. The Morgan fingerprint density at radius 2 is 1.95 bits per heavy atom. The summed E-state index contributed by atoms with van der Waals surface area (Å²) in [6.45, 7) is 6.34. The molecule has 2 rings (SSSR count). The van der Waals surface area contributed by atoms with E-state index in [0.29, 0.717) is 6.61 Å². The average Bonchev–Trinajstić information content (AvgIpc) is 2.49. The van der Waals surface area contributed by atoms with Gasteiger partial charge in [-0.25, -0.2) is 0 Å². The fraction of sp³-hybridized carbons (Fsp3) is 0.278. The van der Waals surface area contributed by atoms with Crippen molar-refractivity contribution in [2.24, 2.45) is 0 Å². The molecule has 2 N–H and O–H groups in total. The van der Waals surface area contributed by atoms with Gasteiger partial charge in [-0.3, -0.25) is 4.79 Å². The number of aryl methyl sites for hydroxylation is 1. The molecule has 0 aromatic heterocycles. The van der Waals surface area contributed by atoms with Crippen LogP contribution in [0.4, 0.5) is 11.4 Å². The molecular formula is C18H22N2O2. The van der Waals surface area contributed by atoms with E-state index in [4.69, 9.17) is 4.74 Å². The Hall–Kier alpha value is -2.49. The van der Waals surface area contributed by atoms with Gasteiger partial charge in [-0.05, 0) is 50.6 Å². The summed E-state index contributed by atoms with van der Waals surface area (Å²) in [4.78, 5) is 12.3. The molecular weight excluding hydrogens is 276 g/mol. The lowest BCUT2D eigenvalue weighted by atomic mass is 10.2. The zero-order chi connectivity index (χ0) is 15.9. The molecule has 0 spiro atoms. The van der Waals surface area contributed by atoms with E-state index >= 15 is 0 Å².